The number of piperazine rings is 1. The minimum atomic E-state index is 0.139. The van der Waals surface area contributed by atoms with Crippen molar-refractivity contribution in [1.29, 1.82) is 0 Å². The van der Waals surface area contributed by atoms with E-state index >= 15 is 0 Å². The molecule has 6 heteroatoms. The van der Waals surface area contributed by atoms with Crippen LogP contribution in [0.25, 0.3) is 0 Å². The standard InChI is InChI=1S/C15H18N4OS/c1-2-13-10-12(11-21-13)14(20)18-6-8-19(9-7-18)15-16-4-3-5-17-15/h3-5,10-11H,2,6-9H2,1H3. The van der Waals surface area contributed by atoms with Gasteiger partial charge in [-0.15, -0.1) is 11.3 Å². The van der Waals surface area contributed by atoms with Crippen LogP contribution in [0.2, 0.25) is 0 Å². The highest BCUT2D eigenvalue weighted by Gasteiger charge is 2.23. The molecule has 0 atom stereocenters. The Bertz CT molecular complexity index is 605. The Hall–Kier alpha value is -1.95. The van der Waals surface area contributed by atoms with E-state index in [1.165, 1.54) is 4.88 Å². The highest BCUT2D eigenvalue weighted by molar-refractivity contribution is 7.10. The fourth-order valence-electron chi connectivity index (χ4n) is 2.42. The van der Waals surface area contributed by atoms with Crippen LogP contribution in [0.3, 0.4) is 0 Å². The molecule has 5 nitrogen and oxygen atoms in total. The van der Waals surface area contributed by atoms with Crippen LogP contribution in [0, 0.1) is 0 Å². The van der Waals surface area contributed by atoms with Crippen molar-refractivity contribution in [2.75, 3.05) is 31.1 Å². The van der Waals surface area contributed by atoms with E-state index in [0.29, 0.717) is 13.1 Å². The van der Waals surface area contributed by atoms with E-state index in [1.54, 1.807) is 23.7 Å². The predicted octanol–water partition coefficient (Wildman–Crippen LogP) is 2.06. The fraction of sp³-hybridized carbons (Fsp3) is 0.400. The monoisotopic (exact) mass is 302 g/mol. The van der Waals surface area contributed by atoms with Gasteiger partial charge in [-0.1, -0.05) is 6.92 Å². The second-order valence-electron chi connectivity index (χ2n) is 4.98. The van der Waals surface area contributed by atoms with Crippen LogP contribution in [0.15, 0.2) is 29.9 Å². The van der Waals surface area contributed by atoms with Gasteiger partial charge in [0.05, 0.1) is 5.56 Å². The van der Waals surface area contributed by atoms with E-state index < -0.39 is 0 Å². The summed E-state index contributed by atoms with van der Waals surface area (Å²) in [4.78, 5) is 26.3. The van der Waals surface area contributed by atoms with Crippen molar-refractivity contribution in [1.82, 2.24) is 14.9 Å². The van der Waals surface area contributed by atoms with E-state index in [9.17, 15) is 4.79 Å². The van der Waals surface area contributed by atoms with Crippen LogP contribution < -0.4 is 4.90 Å². The van der Waals surface area contributed by atoms with Gasteiger partial charge in [-0.3, -0.25) is 4.79 Å². The number of aryl methyl sites for hydroxylation is 1. The molecule has 1 aliphatic heterocycles. The van der Waals surface area contributed by atoms with Crippen LogP contribution in [-0.4, -0.2) is 47.0 Å². The SMILES string of the molecule is CCc1cc(C(=O)N2CCN(c3ncccn3)CC2)cs1. The second kappa shape index (κ2) is 6.22. The molecule has 3 rings (SSSR count). The molecule has 2 aromatic heterocycles. The number of aromatic nitrogens is 2. The molecule has 0 bridgehead atoms. The molecule has 0 saturated carbocycles. The Morgan fingerprint density at radius 1 is 1.24 bits per heavy atom. The van der Waals surface area contributed by atoms with Gasteiger partial charge in [0, 0.05) is 48.8 Å². The lowest BCUT2D eigenvalue weighted by Gasteiger charge is -2.34. The Morgan fingerprint density at radius 2 is 1.95 bits per heavy atom. The number of hydrogen-bond acceptors (Lipinski definition) is 5. The molecular formula is C15H18N4OS. The summed E-state index contributed by atoms with van der Waals surface area (Å²) in [7, 11) is 0. The Labute approximate surface area is 128 Å². The molecule has 0 aliphatic carbocycles. The molecule has 110 valence electrons. The highest BCUT2D eigenvalue weighted by Crippen LogP contribution is 2.18. The molecule has 0 unspecified atom stereocenters. The molecule has 1 amide bonds. The zero-order valence-electron chi connectivity index (χ0n) is 12.0. The predicted molar refractivity (Wildman–Crippen MR) is 83.8 cm³/mol. The lowest BCUT2D eigenvalue weighted by atomic mass is 10.2. The van der Waals surface area contributed by atoms with Gasteiger partial charge in [0.15, 0.2) is 0 Å². The smallest absolute Gasteiger partial charge is 0.254 e. The summed E-state index contributed by atoms with van der Waals surface area (Å²) < 4.78 is 0. The molecule has 0 aromatic carbocycles. The number of carbonyl (C=O) groups is 1. The largest absolute Gasteiger partial charge is 0.337 e. The van der Waals surface area contributed by atoms with Gasteiger partial charge in [-0.05, 0) is 18.6 Å². The lowest BCUT2D eigenvalue weighted by Crippen LogP contribution is -2.49. The highest BCUT2D eigenvalue weighted by atomic mass is 32.1. The third-order valence-electron chi connectivity index (χ3n) is 3.65. The summed E-state index contributed by atoms with van der Waals surface area (Å²) in [5, 5.41) is 1.97. The molecule has 3 heterocycles. The number of carbonyl (C=O) groups excluding carboxylic acids is 1. The first-order chi connectivity index (χ1) is 10.3. The average Bonchev–Trinajstić information content (AvgIpc) is 3.04. The summed E-state index contributed by atoms with van der Waals surface area (Å²) in [5.41, 5.74) is 0.821. The lowest BCUT2D eigenvalue weighted by molar-refractivity contribution is 0.0746. The van der Waals surface area contributed by atoms with Crippen LogP contribution in [0.4, 0.5) is 5.95 Å². The third kappa shape index (κ3) is 3.05. The van der Waals surface area contributed by atoms with E-state index in [2.05, 4.69) is 21.8 Å². The van der Waals surface area contributed by atoms with Gasteiger partial charge in [-0.25, -0.2) is 9.97 Å². The van der Waals surface area contributed by atoms with Crippen LogP contribution in [0.1, 0.15) is 22.2 Å². The number of hydrogen-bond donors (Lipinski definition) is 0. The molecule has 1 saturated heterocycles. The van der Waals surface area contributed by atoms with E-state index in [0.717, 1.165) is 31.0 Å². The van der Waals surface area contributed by atoms with Crippen LogP contribution in [0.5, 0.6) is 0 Å². The van der Waals surface area contributed by atoms with Gasteiger partial charge in [0.25, 0.3) is 5.91 Å². The molecule has 1 fully saturated rings. The maximum absolute atomic E-state index is 12.5. The van der Waals surface area contributed by atoms with Crippen LogP contribution >= 0.6 is 11.3 Å². The normalized spacial score (nSPS) is 15.3. The Morgan fingerprint density at radius 3 is 2.57 bits per heavy atom. The topological polar surface area (TPSA) is 49.3 Å². The molecule has 0 spiro atoms. The zero-order valence-corrected chi connectivity index (χ0v) is 12.8. The molecule has 0 radical (unpaired) electrons. The molecule has 2 aromatic rings. The molecule has 0 N–H and O–H groups in total. The van der Waals surface area contributed by atoms with Crippen molar-refractivity contribution >= 4 is 23.2 Å². The minimum absolute atomic E-state index is 0.139. The van der Waals surface area contributed by atoms with E-state index in [4.69, 9.17) is 0 Å². The van der Waals surface area contributed by atoms with Crippen molar-refractivity contribution in [3.8, 4) is 0 Å². The fourth-order valence-corrected chi connectivity index (χ4v) is 3.23. The minimum Gasteiger partial charge on any atom is -0.337 e. The first kappa shape index (κ1) is 14.0. The Kier molecular flexibility index (Phi) is 4.15. The molecule has 1 aliphatic rings. The van der Waals surface area contributed by atoms with Crippen molar-refractivity contribution in [3.05, 3.63) is 40.3 Å². The average molecular weight is 302 g/mol. The number of anilines is 1. The van der Waals surface area contributed by atoms with Gasteiger partial charge < -0.3 is 9.80 Å². The summed E-state index contributed by atoms with van der Waals surface area (Å²) in [6.45, 7) is 5.10. The van der Waals surface area contributed by atoms with Gasteiger partial charge in [-0.2, -0.15) is 0 Å². The van der Waals surface area contributed by atoms with E-state index in [1.807, 2.05) is 22.4 Å². The first-order valence-electron chi connectivity index (χ1n) is 7.16. The van der Waals surface area contributed by atoms with Crippen LogP contribution in [-0.2, 0) is 6.42 Å². The van der Waals surface area contributed by atoms with Gasteiger partial charge >= 0.3 is 0 Å². The summed E-state index contributed by atoms with van der Waals surface area (Å²) in [6.07, 6.45) is 4.48. The summed E-state index contributed by atoms with van der Waals surface area (Å²) in [6, 6.07) is 3.82. The number of nitrogens with zero attached hydrogens (tertiary/aromatic N) is 4. The maximum Gasteiger partial charge on any atom is 0.254 e. The quantitative estimate of drug-likeness (QED) is 0.871. The Balaban J connectivity index is 1.61. The van der Waals surface area contributed by atoms with E-state index in [-0.39, 0.29) is 5.91 Å². The molecule has 21 heavy (non-hydrogen) atoms. The number of amides is 1. The summed E-state index contributed by atoms with van der Waals surface area (Å²) in [5.74, 6) is 0.882. The van der Waals surface area contributed by atoms with Crippen molar-refractivity contribution in [2.45, 2.75) is 13.3 Å². The van der Waals surface area contributed by atoms with Crippen molar-refractivity contribution in [3.63, 3.8) is 0 Å². The third-order valence-corrected chi connectivity index (χ3v) is 4.73. The number of rotatable bonds is 3. The van der Waals surface area contributed by atoms with Crippen molar-refractivity contribution in [2.24, 2.45) is 0 Å². The maximum atomic E-state index is 12.5. The zero-order chi connectivity index (χ0) is 14.7. The number of thiophene rings is 1. The van der Waals surface area contributed by atoms with Crippen molar-refractivity contribution < 1.29 is 4.79 Å². The first-order valence-corrected chi connectivity index (χ1v) is 8.04. The summed E-state index contributed by atoms with van der Waals surface area (Å²) >= 11 is 1.66. The van der Waals surface area contributed by atoms with Gasteiger partial charge in [0.1, 0.15) is 0 Å². The second-order valence-corrected chi connectivity index (χ2v) is 5.98. The van der Waals surface area contributed by atoms with Gasteiger partial charge in [0.2, 0.25) is 5.95 Å². The molecular weight excluding hydrogens is 284 g/mol.